The first-order chi connectivity index (χ1) is 11.0. The van der Waals surface area contributed by atoms with Gasteiger partial charge in [0.1, 0.15) is 5.82 Å². The summed E-state index contributed by atoms with van der Waals surface area (Å²) in [6, 6.07) is 16.5. The molecule has 0 radical (unpaired) electrons. The molecule has 3 rings (SSSR count). The Morgan fingerprint density at radius 2 is 1.70 bits per heavy atom. The first kappa shape index (κ1) is 16.1. The van der Waals surface area contributed by atoms with Crippen molar-refractivity contribution in [3.8, 4) is 0 Å². The molecule has 0 spiro atoms. The van der Waals surface area contributed by atoms with Gasteiger partial charge in [-0.3, -0.25) is 4.90 Å². The first-order valence-electron chi connectivity index (χ1n) is 7.75. The zero-order valence-corrected chi connectivity index (χ0v) is 13.7. The Bertz CT molecular complexity index is 762. The molecule has 1 saturated heterocycles. The molecule has 23 heavy (non-hydrogen) atoms. The summed E-state index contributed by atoms with van der Waals surface area (Å²) in [5.41, 5.74) is 2.00. The Hall–Kier alpha value is -1.72. The molecule has 1 fully saturated rings. The zero-order chi connectivity index (χ0) is 16.3. The summed E-state index contributed by atoms with van der Waals surface area (Å²) >= 11 is 0. The number of sulfone groups is 1. The van der Waals surface area contributed by atoms with Crippen molar-refractivity contribution in [2.75, 3.05) is 11.5 Å². The van der Waals surface area contributed by atoms with Crippen LogP contribution >= 0.6 is 0 Å². The maximum absolute atomic E-state index is 13.4. The van der Waals surface area contributed by atoms with Gasteiger partial charge in [0.15, 0.2) is 9.84 Å². The molecule has 0 saturated carbocycles. The molecule has 0 amide bonds. The highest BCUT2D eigenvalue weighted by Crippen LogP contribution is 2.22. The zero-order valence-electron chi connectivity index (χ0n) is 12.9. The van der Waals surface area contributed by atoms with E-state index in [2.05, 4.69) is 4.90 Å². The fourth-order valence-electron chi connectivity index (χ4n) is 3.07. The summed E-state index contributed by atoms with van der Waals surface area (Å²) in [7, 11) is -2.95. The lowest BCUT2D eigenvalue weighted by Crippen LogP contribution is -2.35. The lowest BCUT2D eigenvalue weighted by Gasteiger charge is -2.28. The Balaban J connectivity index is 1.81. The molecule has 0 unspecified atom stereocenters. The molecule has 2 aromatic carbocycles. The molecule has 2 aromatic rings. The summed E-state index contributed by atoms with van der Waals surface area (Å²) in [5, 5.41) is 0. The van der Waals surface area contributed by atoms with Gasteiger partial charge in [0.05, 0.1) is 11.5 Å². The van der Waals surface area contributed by atoms with Gasteiger partial charge >= 0.3 is 0 Å². The largest absolute Gasteiger partial charge is 0.291 e. The number of hydrogen-bond acceptors (Lipinski definition) is 3. The molecule has 3 nitrogen and oxygen atoms in total. The monoisotopic (exact) mass is 333 g/mol. The fraction of sp³-hybridized carbons (Fsp3) is 0.333. The number of nitrogens with zero attached hydrogens (tertiary/aromatic N) is 1. The fourth-order valence-corrected chi connectivity index (χ4v) is 4.83. The molecule has 1 atom stereocenters. The normalized spacial score (nSPS) is 20.0. The van der Waals surface area contributed by atoms with Crippen molar-refractivity contribution in [2.24, 2.45) is 0 Å². The highest BCUT2D eigenvalue weighted by molar-refractivity contribution is 7.91. The maximum atomic E-state index is 13.4. The van der Waals surface area contributed by atoms with Crippen LogP contribution in [0.4, 0.5) is 4.39 Å². The van der Waals surface area contributed by atoms with E-state index in [0.717, 1.165) is 11.1 Å². The van der Waals surface area contributed by atoms with Crippen LogP contribution in [0.2, 0.25) is 0 Å². The molecule has 122 valence electrons. The Labute approximate surface area is 136 Å². The molecule has 1 aliphatic heterocycles. The van der Waals surface area contributed by atoms with Gasteiger partial charge in [-0.05, 0) is 29.7 Å². The van der Waals surface area contributed by atoms with Gasteiger partial charge in [-0.2, -0.15) is 0 Å². The highest BCUT2D eigenvalue weighted by atomic mass is 32.2. The predicted molar refractivity (Wildman–Crippen MR) is 89.1 cm³/mol. The van der Waals surface area contributed by atoms with Crippen LogP contribution in [0.15, 0.2) is 54.6 Å². The molecule has 0 bridgehead atoms. The second-order valence-electron chi connectivity index (χ2n) is 6.08. The van der Waals surface area contributed by atoms with E-state index < -0.39 is 9.84 Å². The van der Waals surface area contributed by atoms with Crippen molar-refractivity contribution in [3.63, 3.8) is 0 Å². The third-order valence-corrected chi connectivity index (χ3v) is 5.98. The Morgan fingerprint density at radius 3 is 2.35 bits per heavy atom. The lowest BCUT2D eigenvalue weighted by molar-refractivity contribution is 0.194. The van der Waals surface area contributed by atoms with Gasteiger partial charge in [0, 0.05) is 19.1 Å². The summed E-state index contributed by atoms with van der Waals surface area (Å²) in [5.74, 6) is 0.169. The minimum atomic E-state index is -2.95. The number of hydrogen-bond donors (Lipinski definition) is 0. The van der Waals surface area contributed by atoms with E-state index >= 15 is 0 Å². The average molecular weight is 333 g/mol. The van der Waals surface area contributed by atoms with E-state index in [1.54, 1.807) is 6.07 Å². The maximum Gasteiger partial charge on any atom is 0.151 e. The summed E-state index contributed by atoms with van der Waals surface area (Å²) in [4.78, 5) is 2.15. The minimum Gasteiger partial charge on any atom is -0.291 e. The van der Waals surface area contributed by atoms with Crippen LogP contribution in [0.1, 0.15) is 17.5 Å². The van der Waals surface area contributed by atoms with Gasteiger partial charge in [0.25, 0.3) is 0 Å². The van der Waals surface area contributed by atoms with Crippen molar-refractivity contribution in [2.45, 2.75) is 25.6 Å². The van der Waals surface area contributed by atoms with Gasteiger partial charge in [-0.15, -0.1) is 0 Å². The van der Waals surface area contributed by atoms with E-state index in [1.807, 2.05) is 36.4 Å². The molecule has 5 heteroatoms. The summed E-state index contributed by atoms with van der Waals surface area (Å²) < 4.78 is 37.1. The Kier molecular flexibility index (Phi) is 4.78. The lowest BCUT2D eigenvalue weighted by atomic mass is 10.1. The quantitative estimate of drug-likeness (QED) is 0.844. The third kappa shape index (κ3) is 4.39. The van der Waals surface area contributed by atoms with Crippen molar-refractivity contribution in [1.82, 2.24) is 4.90 Å². The van der Waals surface area contributed by atoms with Gasteiger partial charge in [-0.1, -0.05) is 42.5 Å². The van der Waals surface area contributed by atoms with E-state index in [9.17, 15) is 12.8 Å². The number of halogens is 1. The van der Waals surface area contributed by atoms with Crippen molar-refractivity contribution >= 4 is 9.84 Å². The van der Waals surface area contributed by atoms with E-state index in [4.69, 9.17) is 0 Å². The molecule has 1 aliphatic rings. The van der Waals surface area contributed by atoms with Gasteiger partial charge < -0.3 is 0 Å². The van der Waals surface area contributed by atoms with Crippen molar-refractivity contribution in [3.05, 3.63) is 71.5 Å². The van der Waals surface area contributed by atoms with Crippen LogP contribution in [0, 0.1) is 5.82 Å². The van der Waals surface area contributed by atoms with Crippen LogP contribution < -0.4 is 0 Å². The number of benzene rings is 2. The van der Waals surface area contributed by atoms with Crippen LogP contribution in [-0.4, -0.2) is 30.9 Å². The van der Waals surface area contributed by atoms with Crippen LogP contribution in [-0.2, 0) is 22.9 Å². The topological polar surface area (TPSA) is 37.4 Å². The van der Waals surface area contributed by atoms with E-state index in [1.165, 1.54) is 12.1 Å². The minimum absolute atomic E-state index is 0.0107. The summed E-state index contributed by atoms with van der Waals surface area (Å²) in [6.07, 6.45) is 0.643. The molecular weight excluding hydrogens is 313 g/mol. The molecule has 1 heterocycles. The van der Waals surface area contributed by atoms with Crippen LogP contribution in [0.5, 0.6) is 0 Å². The molecule has 0 aliphatic carbocycles. The van der Waals surface area contributed by atoms with Crippen LogP contribution in [0.25, 0.3) is 0 Å². The van der Waals surface area contributed by atoms with Gasteiger partial charge in [0.2, 0.25) is 0 Å². The summed E-state index contributed by atoms with van der Waals surface area (Å²) in [6.45, 7) is 1.21. The molecule has 0 aromatic heterocycles. The SMILES string of the molecule is O=S1(=O)CC[C@@H](N(Cc2ccccc2)Cc2cccc(F)c2)C1. The van der Waals surface area contributed by atoms with Crippen LogP contribution in [0.3, 0.4) is 0 Å². The van der Waals surface area contributed by atoms with Crippen molar-refractivity contribution < 1.29 is 12.8 Å². The van der Waals surface area contributed by atoms with E-state index in [-0.39, 0.29) is 23.4 Å². The standard InChI is InChI=1S/C18H20FNO2S/c19-17-8-4-7-16(11-17)13-20(12-15-5-2-1-3-6-15)18-9-10-23(21,22)14-18/h1-8,11,18H,9-10,12-14H2/t18-/m1/s1. The molecule has 0 N–H and O–H groups in total. The van der Waals surface area contributed by atoms with Crippen molar-refractivity contribution in [1.29, 1.82) is 0 Å². The Morgan fingerprint density at radius 1 is 1.00 bits per heavy atom. The number of rotatable bonds is 5. The first-order valence-corrected chi connectivity index (χ1v) is 9.57. The second-order valence-corrected chi connectivity index (χ2v) is 8.31. The second kappa shape index (κ2) is 6.81. The smallest absolute Gasteiger partial charge is 0.151 e. The van der Waals surface area contributed by atoms with E-state index in [0.29, 0.717) is 19.5 Å². The molecular formula is C18H20FNO2S. The predicted octanol–water partition coefficient (Wildman–Crippen LogP) is 3.02. The third-order valence-electron chi connectivity index (χ3n) is 4.23. The average Bonchev–Trinajstić information content (AvgIpc) is 2.88. The van der Waals surface area contributed by atoms with Gasteiger partial charge in [-0.25, -0.2) is 12.8 Å². The highest BCUT2D eigenvalue weighted by Gasteiger charge is 2.32.